The molecule has 0 aromatic heterocycles. The summed E-state index contributed by atoms with van der Waals surface area (Å²) in [6, 6.07) is 3.85. The van der Waals surface area contributed by atoms with Gasteiger partial charge in [0.25, 0.3) is 5.91 Å². The Morgan fingerprint density at radius 3 is 2.71 bits per heavy atom. The maximum atomic E-state index is 13.6. The molecule has 1 amide bonds. The second-order valence-electron chi connectivity index (χ2n) is 5.32. The molecule has 1 aliphatic carbocycles. The predicted molar refractivity (Wildman–Crippen MR) is 76.8 cm³/mol. The molecule has 21 heavy (non-hydrogen) atoms. The largest absolute Gasteiger partial charge is 0.481 e. The number of aliphatic carboxylic acids is 1. The summed E-state index contributed by atoms with van der Waals surface area (Å²) in [5, 5.41) is 12.0. The fourth-order valence-electron chi connectivity index (χ4n) is 2.77. The molecule has 1 aliphatic rings. The van der Waals surface area contributed by atoms with Gasteiger partial charge in [-0.15, -0.1) is 0 Å². The Balaban J connectivity index is 1.98. The zero-order valence-electron chi connectivity index (χ0n) is 11.4. The zero-order valence-corrected chi connectivity index (χ0v) is 12.2. The molecule has 0 bridgehead atoms. The monoisotopic (exact) mass is 313 g/mol. The van der Waals surface area contributed by atoms with Gasteiger partial charge in [0.2, 0.25) is 0 Å². The van der Waals surface area contributed by atoms with Crippen LogP contribution in [0.5, 0.6) is 0 Å². The Morgan fingerprint density at radius 1 is 1.33 bits per heavy atom. The summed E-state index contributed by atoms with van der Waals surface area (Å²) in [5.41, 5.74) is -0.0814. The van der Waals surface area contributed by atoms with Gasteiger partial charge in [-0.2, -0.15) is 0 Å². The summed E-state index contributed by atoms with van der Waals surface area (Å²) in [4.78, 5) is 23.1. The number of rotatable bonds is 4. The van der Waals surface area contributed by atoms with Gasteiger partial charge in [0.15, 0.2) is 0 Å². The minimum atomic E-state index is -0.827. The molecular weight excluding hydrogens is 297 g/mol. The number of carbonyl (C=O) groups excluding carboxylic acids is 1. The van der Waals surface area contributed by atoms with Crippen LogP contribution in [0.3, 0.4) is 0 Å². The van der Waals surface area contributed by atoms with Crippen molar-refractivity contribution in [3.63, 3.8) is 0 Å². The van der Waals surface area contributed by atoms with Crippen LogP contribution in [0.1, 0.15) is 36.0 Å². The van der Waals surface area contributed by atoms with E-state index in [1.807, 2.05) is 0 Å². The molecule has 0 radical (unpaired) electrons. The molecule has 1 aromatic carbocycles. The van der Waals surface area contributed by atoms with Crippen LogP contribution in [-0.4, -0.2) is 23.5 Å². The first kappa shape index (κ1) is 15.8. The molecule has 0 aliphatic heterocycles. The molecule has 0 spiro atoms. The standard InChI is InChI=1S/C15H17ClFNO3/c16-10-5-6-12(13(17)7-10)14(19)18-8-9-3-1-2-4-11(9)15(20)21/h5-7,9,11H,1-4,8H2,(H,18,19)(H,20,21). The van der Waals surface area contributed by atoms with Crippen LogP contribution in [0.15, 0.2) is 18.2 Å². The number of benzene rings is 1. The summed E-state index contributed by atoms with van der Waals surface area (Å²) in [5.74, 6) is -2.59. The van der Waals surface area contributed by atoms with Crippen molar-refractivity contribution in [3.8, 4) is 0 Å². The average molecular weight is 314 g/mol. The predicted octanol–water partition coefficient (Wildman–Crippen LogP) is 3.10. The number of amides is 1. The first-order chi connectivity index (χ1) is 9.99. The van der Waals surface area contributed by atoms with Gasteiger partial charge < -0.3 is 10.4 Å². The van der Waals surface area contributed by atoms with Gasteiger partial charge in [-0.1, -0.05) is 24.4 Å². The number of carboxylic acid groups (broad SMARTS) is 1. The molecule has 1 aromatic rings. The van der Waals surface area contributed by atoms with Gasteiger partial charge in [-0.05, 0) is 37.0 Å². The molecular formula is C15H17ClFNO3. The minimum Gasteiger partial charge on any atom is -0.481 e. The molecule has 1 saturated carbocycles. The number of hydrogen-bond acceptors (Lipinski definition) is 2. The van der Waals surface area contributed by atoms with E-state index in [9.17, 15) is 19.1 Å². The Labute approximate surface area is 127 Å². The Bertz CT molecular complexity index is 550. The summed E-state index contributed by atoms with van der Waals surface area (Å²) in [7, 11) is 0. The number of halogens is 2. The van der Waals surface area contributed by atoms with Crippen molar-refractivity contribution in [3.05, 3.63) is 34.6 Å². The molecule has 0 heterocycles. The summed E-state index contributed by atoms with van der Waals surface area (Å²) in [6.45, 7) is 0.248. The molecule has 2 N–H and O–H groups in total. The van der Waals surface area contributed by atoms with Crippen LogP contribution >= 0.6 is 11.6 Å². The van der Waals surface area contributed by atoms with Crippen LogP contribution in [0.4, 0.5) is 4.39 Å². The lowest BCUT2D eigenvalue weighted by Gasteiger charge is -2.28. The van der Waals surface area contributed by atoms with Gasteiger partial charge >= 0.3 is 5.97 Å². The van der Waals surface area contributed by atoms with Gasteiger partial charge in [0.05, 0.1) is 11.5 Å². The SMILES string of the molecule is O=C(NCC1CCCCC1C(=O)O)c1ccc(Cl)cc1F. The van der Waals surface area contributed by atoms with Crippen molar-refractivity contribution in [2.45, 2.75) is 25.7 Å². The highest BCUT2D eigenvalue weighted by Crippen LogP contribution is 2.29. The fraction of sp³-hybridized carbons (Fsp3) is 0.467. The van der Waals surface area contributed by atoms with Gasteiger partial charge in [-0.3, -0.25) is 9.59 Å². The van der Waals surface area contributed by atoms with Crippen molar-refractivity contribution < 1.29 is 19.1 Å². The third kappa shape index (κ3) is 3.94. The average Bonchev–Trinajstić information content (AvgIpc) is 2.45. The lowest BCUT2D eigenvalue weighted by Crippen LogP contribution is -2.37. The topological polar surface area (TPSA) is 66.4 Å². The van der Waals surface area contributed by atoms with Crippen molar-refractivity contribution >= 4 is 23.5 Å². The maximum absolute atomic E-state index is 13.6. The van der Waals surface area contributed by atoms with Crippen LogP contribution in [0, 0.1) is 17.7 Å². The Morgan fingerprint density at radius 2 is 2.05 bits per heavy atom. The van der Waals surface area contributed by atoms with Gasteiger partial charge in [0, 0.05) is 11.6 Å². The number of carboxylic acids is 1. The van der Waals surface area contributed by atoms with E-state index in [0.29, 0.717) is 6.42 Å². The summed E-state index contributed by atoms with van der Waals surface area (Å²) >= 11 is 5.64. The van der Waals surface area contributed by atoms with E-state index in [-0.39, 0.29) is 23.0 Å². The first-order valence-corrected chi connectivity index (χ1v) is 7.33. The van der Waals surface area contributed by atoms with Crippen LogP contribution < -0.4 is 5.32 Å². The van der Waals surface area contributed by atoms with Gasteiger partial charge in [-0.25, -0.2) is 4.39 Å². The zero-order chi connectivity index (χ0) is 15.4. The number of hydrogen-bond donors (Lipinski definition) is 2. The van der Waals surface area contributed by atoms with Crippen molar-refractivity contribution in [1.82, 2.24) is 5.32 Å². The van der Waals surface area contributed by atoms with E-state index in [4.69, 9.17) is 11.6 Å². The van der Waals surface area contributed by atoms with Crippen LogP contribution in [-0.2, 0) is 4.79 Å². The highest BCUT2D eigenvalue weighted by Gasteiger charge is 2.31. The summed E-state index contributed by atoms with van der Waals surface area (Å²) < 4.78 is 13.6. The Hall–Kier alpha value is -1.62. The molecule has 0 saturated heterocycles. The molecule has 6 heteroatoms. The van der Waals surface area contributed by atoms with E-state index in [1.54, 1.807) is 0 Å². The second-order valence-corrected chi connectivity index (χ2v) is 5.76. The van der Waals surface area contributed by atoms with Crippen LogP contribution in [0.25, 0.3) is 0 Å². The molecule has 1 fully saturated rings. The van der Waals surface area contributed by atoms with Crippen LogP contribution in [0.2, 0.25) is 5.02 Å². The van der Waals surface area contributed by atoms with E-state index < -0.39 is 23.6 Å². The maximum Gasteiger partial charge on any atom is 0.306 e. The molecule has 2 rings (SSSR count). The fourth-order valence-corrected chi connectivity index (χ4v) is 2.93. The third-order valence-corrected chi connectivity index (χ3v) is 4.16. The van der Waals surface area contributed by atoms with E-state index in [2.05, 4.69) is 5.32 Å². The van der Waals surface area contributed by atoms with Gasteiger partial charge in [0.1, 0.15) is 5.82 Å². The first-order valence-electron chi connectivity index (χ1n) is 6.95. The highest BCUT2D eigenvalue weighted by molar-refractivity contribution is 6.30. The second kappa shape index (κ2) is 6.89. The highest BCUT2D eigenvalue weighted by atomic mass is 35.5. The van der Waals surface area contributed by atoms with E-state index in [1.165, 1.54) is 12.1 Å². The smallest absolute Gasteiger partial charge is 0.306 e. The lowest BCUT2D eigenvalue weighted by molar-refractivity contribution is -0.144. The minimum absolute atomic E-state index is 0.0814. The van der Waals surface area contributed by atoms with E-state index in [0.717, 1.165) is 25.3 Å². The van der Waals surface area contributed by atoms with Crippen molar-refractivity contribution in [1.29, 1.82) is 0 Å². The molecule has 4 nitrogen and oxygen atoms in total. The lowest BCUT2D eigenvalue weighted by atomic mass is 9.79. The molecule has 2 unspecified atom stereocenters. The third-order valence-electron chi connectivity index (χ3n) is 3.93. The summed E-state index contributed by atoms with van der Waals surface area (Å²) in [6.07, 6.45) is 3.25. The number of carbonyl (C=O) groups is 2. The Kier molecular flexibility index (Phi) is 5.17. The van der Waals surface area contributed by atoms with Crippen molar-refractivity contribution in [2.24, 2.45) is 11.8 Å². The number of nitrogens with one attached hydrogen (secondary N) is 1. The molecule has 114 valence electrons. The molecule has 2 atom stereocenters. The van der Waals surface area contributed by atoms with Crippen molar-refractivity contribution in [2.75, 3.05) is 6.54 Å². The van der Waals surface area contributed by atoms with E-state index >= 15 is 0 Å². The quantitative estimate of drug-likeness (QED) is 0.897. The normalized spacial score (nSPS) is 21.8.